The van der Waals surface area contributed by atoms with Crippen molar-refractivity contribution in [2.45, 2.75) is 0 Å². The van der Waals surface area contributed by atoms with E-state index in [1.54, 1.807) is 0 Å². The molecular weight excluding hydrogens is 418 g/mol. The summed E-state index contributed by atoms with van der Waals surface area (Å²) in [6, 6.07) is 39.1. The predicted octanol–water partition coefficient (Wildman–Crippen LogP) is 8.73. The van der Waals surface area contributed by atoms with Gasteiger partial charge in [-0.15, -0.1) is 0 Å². The lowest BCUT2D eigenvalue weighted by Crippen LogP contribution is -1.89. The summed E-state index contributed by atoms with van der Waals surface area (Å²) >= 11 is 0. The van der Waals surface area contributed by atoms with Crippen molar-refractivity contribution in [3.8, 4) is 33.7 Å². The second kappa shape index (κ2) is 7.46. The highest BCUT2D eigenvalue weighted by atomic mass is 16.3. The second-order valence-corrected chi connectivity index (χ2v) is 8.36. The molecule has 0 aliphatic heterocycles. The molecule has 5 aromatic carbocycles. The highest BCUT2D eigenvalue weighted by Crippen LogP contribution is 2.42. The maximum Gasteiger partial charge on any atom is 0.227 e. The fourth-order valence-electron chi connectivity index (χ4n) is 4.80. The van der Waals surface area contributed by atoms with Crippen molar-refractivity contribution in [3.63, 3.8) is 0 Å². The minimum Gasteiger partial charge on any atom is -0.455 e. The zero-order chi connectivity index (χ0) is 22.5. The van der Waals surface area contributed by atoms with Gasteiger partial charge in [0.2, 0.25) is 5.89 Å². The largest absolute Gasteiger partial charge is 0.455 e. The van der Waals surface area contributed by atoms with Crippen LogP contribution in [0.2, 0.25) is 0 Å². The SMILES string of the molecule is c1ccc(-c2ccccc2-c2cccc3c2oc2ccccc23)c(-c2nc3ccccc3o2)c1. The number of furan rings is 1. The number of hydrogen-bond acceptors (Lipinski definition) is 3. The molecule has 0 fully saturated rings. The first kappa shape index (κ1) is 18.9. The molecule has 0 atom stereocenters. The number of nitrogens with zero attached hydrogens (tertiary/aromatic N) is 1. The van der Waals surface area contributed by atoms with Gasteiger partial charge in [-0.3, -0.25) is 0 Å². The van der Waals surface area contributed by atoms with E-state index in [1.807, 2.05) is 42.5 Å². The maximum absolute atomic E-state index is 6.35. The fraction of sp³-hybridized carbons (Fsp3) is 0. The van der Waals surface area contributed by atoms with Crippen molar-refractivity contribution in [2.24, 2.45) is 0 Å². The molecule has 0 saturated heterocycles. The van der Waals surface area contributed by atoms with E-state index in [1.165, 1.54) is 0 Å². The predicted molar refractivity (Wildman–Crippen MR) is 138 cm³/mol. The molecule has 0 unspecified atom stereocenters. The van der Waals surface area contributed by atoms with Gasteiger partial charge in [0.1, 0.15) is 16.7 Å². The highest BCUT2D eigenvalue weighted by Gasteiger charge is 2.18. The average molecular weight is 437 g/mol. The molecule has 0 bridgehead atoms. The molecule has 160 valence electrons. The first-order valence-electron chi connectivity index (χ1n) is 11.3. The molecule has 34 heavy (non-hydrogen) atoms. The zero-order valence-corrected chi connectivity index (χ0v) is 18.2. The van der Waals surface area contributed by atoms with Crippen molar-refractivity contribution < 1.29 is 8.83 Å². The summed E-state index contributed by atoms with van der Waals surface area (Å²) in [5, 5.41) is 2.25. The minimum atomic E-state index is 0.619. The molecule has 2 heterocycles. The number of fused-ring (bicyclic) bond motifs is 4. The van der Waals surface area contributed by atoms with Crippen LogP contribution in [0, 0.1) is 0 Å². The van der Waals surface area contributed by atoms with E-state index in [2.05, 4.69) is 72.8 Å². The van der Waals surface area contributed by atoms with Gasteiger partial charge in [-0.1, -0.05) is 91.0 Å². The molecule has 0 amide bonds. The summed E-state index contributed by atoms with van der Waals surface area (Å²) in [6.45, 7) is 0. The highest BCUT2D eigenvalue weighted by molar-refractivity contribution is 6.10. The molecular formula is C31H19NO2. The molecule has 7 aromatic rings. The monoisotopic (exact) mass is 437 g/mol. The molecule has 0 aliphatic rings. The molecule has 3 heteroatoms. The fourth-order valence-corrected chi connectivity index (χ4v) is 4.80. The van der Waals surface area contributed by atoms with Crippen molar-refractivity contribution in [2.75, 3.05) is 0 Å². The van der Waals surface area contributed by atoms with E-state index < -0.39 is 0 Å². The van der Waals surface area contributed by atoms with Gasteiger partial charge < -0.3 is 8.83 Å². The van der Waals surface area contributed by atoms with Crippen LogP contribution in [0.25, 0.3) is 66.7 Å². The Morgan fingerprint density at radius 3 is 1.76 bits per heavy atom. The van der Waals surface area contributed by atoms with E-state index in [0.29, 0.717) is 5.89 Å². The van der Waals surface area contributed by atoms with Gasteiger partial charge in [0.25, 0.3) is 0 Å². The Morgan fingerprint density at radius 1 is 0.412 bits per heavy atom. The summed E-state index contributed by atoms with van der Waals surface area (Å²) in [7, 11) is 0. The maximum atomic E-state index is 6.35. The quantitative estimate of drug-likeness (QED) is 0.277. The van der Waals surface area contributed by atoms with E-state index in [4.69, 9.17) is 13.8 Å². The number of hydrogen-bond donors (Lipinski definition) is 0. The van der Waals surface area contributed by atoms with E-state index in [9.17, 15) is 0 Å². The third-order valence-electron chi connectivity index (χ3n) is 6.36. The van der Waals surface area contributed by atoms with Gasteiger partial charge in [-0.05, 0) is 41.0 Å². The van der Waals surface area contributed by atoms with Crippen LogP contribution in [-0.2, 0) is 0 Å². The third kappa shape index (κ3) is 2.87. The Bertz CT molecular complexity index is 1790. The topological polar surface area (TPSA) is 39.2 Å². The molecule has 0 saturated carbocycles. The number of benzene rings is 5. The van der Waals surface area contributed by atoms with Crippen molar-refractivity contribution >= 4 is 33.0 Å². The van der Waals surface area contributed by atoms with Gasteiger partial charge in [-0.25, -0.2) is 4.98 Å². The number of oxazole rings is 1. The van der Waals surface area contributed by atoms with Crippen LogP contribution in [-0.4, -0.2) is 4.98 Å². The van der Waals surface area contributed by atoms with Crippen LogP contribution < -0.4 is 0 Å². The zero-order valence-electron chi connectivity index (χ0n) is 18.2. The lowest BCUT2D eigenvalue weighted by molar-refractivity contribution is 0.620. The van der Waals surface area contributed by atoms with Gasteiger partial charge >= 0.3 is 0 Å². The van der Waals surface area contributed by atoms with Gasteiger partial charge in [-0.2, -0.15) is 0 Å². The van der Waals surface area contributed by atoms with Crippen LogP contribution in [0.1, 0.15) is 0 Å². The van der Waals surface area contributed by atoms with Crippen LogP contribution in [0.15, 0.2) is 124 Å². The lowest BCUT2D eigenvalue weighted by Gasteiger charge is -2.13. The lowest BCUT2D eigenvalue weighted by atomic mass is 9.91. The average Bonchev–Trinajstić information content (AvgIpc) is 3.50. The molecule has 2 aromatic heterocycles. The van der Waals surface area contributed by atoms with Crippen LogP contribution in [0.3, 0.4) is 0 Å². The normalized spacial score (nSPS) is 11.5. The molecule has 7 rings (SSSR count). The molecule has 0 aliphatic carbocycles. The number of aromatic nitrogens is 1. The number of rotatable bonds is 3. The standard InChI is InChI=1S/C31H19NO2/c1-2-11-21(24-15-9-16-25-23-13-5-7-18-28(23)33-30(24)25)20(10-1)22-12-3-4-14-26(22)31-32-27-17-6-8-19-29(27)34-31/h1-19H. The van der Waals surface area contributed by atoms with Crippen LogP contribution in [0.5, 0.6) is 0 Å². The van der Waals surface area contributed by atoms with E-state index in [-0.39, 0.29) is 0 Å². The Labute approximate surface area is 195 Å². The summed E-state index contributed by atoms with van der Waals surface area (Å²) < 4.78 is 12.5. The molecule has 0 spiro atoms. The van der Waals surface area contributed by atoms with Crippen LogP contribution in [0.4, 0.5) is 0 Å². The van der Waals surface area contributed by atoms with E-state index >= 15 is 0 Å². The summed E-state index contributed by atoms with van der Waals surface area (Å²) in [4.78, 5) is 4.77. The second-order valence-electron chi connectivity index (χ2n) is 8.36. The third-order valence-corrected chi connectivity index (χ3v) is 6.36. The Hall–Kier alpha value is -4.63. The summed E-state index contributed by atoms with van der Waals surface area (Å²) in [6.07, 6.45) is 0. The van der Waals surface area contributed by atoms with Crippen molar-refractivity contribution in [3.05, 3.63) is 115 Å². The van der Waals surface area contributed by atoms with Crippen molar-refractivity contribution in [1.29, 1.82) is 0 Å². The summed E-state index contributed by atoms with van der Waals surface area (Å²) in [5.74, 6) is 0.619. The van der Waals surface area contributed by atoms with Gasteiger partial charge in [0, 0.05) is 21.9 Å². The molecule has 3 nitrogen and oxygen atoms in total. The Morgan fingerprint density at radius 2 is 0.971 bits per heavy atom. The first-order valence-corrected chi connectivity index (χ1v) is 11.3. The summed E-state index contributed by atoms with van der Waals surface area (Å²) in [5.41, 5.74) is 8.74. The van der Waals surface area contributed by atoms with Gasteiger partial charge in [0.15, 0.2) is 5.58 Å². The van der Waals surface area contributed by atoms with Gasteiger partial charge in [0.05, 0.1) is 0 Å². The molecule has 0 radical (unpaired) electrons. The number of para-hydroxylation sites is 4. The molecule has 0 N–H and O–H groups in total. The first-order chi connectivity index (χ1) is 16.9. The Kier molecular flexibility index (Phi) is 4.15. The van der Waals surface area contributed by atoms with Crippen molar-refractivity contribution in [1.82, 2.24) is 4.98 Å². The smallest absolute Gasteiger partial charge is 0.227 e. The van der Waals surface area contributed by atoms with Crippen LogP contribution >= 0.6 is 0 Å². The Balaban J connectivity index is 1.47. The van der Waals surface area contributed by atoms with E-state index in [0.717, 1.165) is 60.9 Å². The minimum absolute atomic E-state index is 0.619.